The first-order valence-electron chi connectivity index (χ1n) is 4.87. The van der Waals surface area contributed by atoms with E-state index >= 15 is 0 Å². The molecular formula is C12H17O. The van der Waals surface area contributed by atoms with Gasteiger partial charge in [-0.1, -0.05) is 26.0 Å². The Balaban J connectivity index is 2.56. The van der Waals surface area contributed by atoms with E-state index in [1.807, 2.05) is 12.1 Å². The highest BCUT2D eigenvalue weighted by molar-refractivity contribution is 5.28. The molecule has 1 aromatic carbocycles. The Morgan fingerprint density at radius 2 is 2.23 bits per heavy atom. The van der Waals surface area contributed by atoms with Crippen LogP contribution in [0.5, 0.6) is 5.75 Å². The SMILES string of the molecule is [CH2]CCc1cccc(OCCC)c1. The van der Waals surface area contributed by atoms with Crippen LogP contribution < -0.4 is 4.74 Å². The van der Waals surface area contributed by atoms with Crippen molar-refractivity contribution in [2.45, 2.75) is 26.2 Å². The molecule has 0 aromatic heterocycles. The summed E-state index contributed by atoms with van der Waals surface area (Å²) in [6, 6.07) is 8.25. The first-order valence-corrected chi connectivity index (χ1v) is 4.87. The second-order valence-corrected chi connectivity index (χ2v) is 3.10. The van der Waals surface area contributed by atoms with Crippen molar-refractivity contribution in [3.05, 3.63) is 36.8 Å². The van der Waals surface area contributed by atoms with E-state index in [2.05, 4.69) is 26.0 Å². The van der Waals surface area contributed by atoms with Gasteiger partial charge in [-0.25, -0.2) is 0 Å². The van der Waals surface area contributed by atoms with E-state index in [0.717, 1.165) is 31.6 Å². The Bertz CT molecular complexity index is 243. The van der Waals surface area contributed by atoms with E-state index in [4.69, 9.17) is 4.74 Å². The summed E-state index contributed by atoms with van der Waals surface area (Å²) in [7, 11) is 0. The predicted molar refractivity (Wildman–Crippen MR) is 55.9 cm³/mol. The summed E-state index contributed by atoms with van der Waals surface area (Å²) in [4.78, 5) is 0. The fourth-order valence-electron chi connectivity index (χ4n) is 1.21. The third-order valence-electron chi connectivity index (χ3n) is 1.84. The predicted octanol–water partition coefficient (Wildman–Crippen LogP) is 3.24. The molecule has 0 atom stereocenters. The number of aryl methyl sites for hydroxylation is 1. The normalized spacial score (nSPS) is 10.0. The second kappa shape index (κ2) is 5.63. The highest BCUT2D eigenvalue weighted by Gasteiger charge is 1.94. The van der Waals surface area contributed by atoms with Crippen LogP contribution >= 0.6 is 0 Å². The van der Waals surface area contributed by atoms with E-state index in [1.165, 1.54) is 5.56 Å². The molecule has 0 N–H and O–H groups in total. The molecule has 0 spiro atoms. The molecule has 71 valence electrons. The Hall–Kier alpha value is -0.980. The fraction of sp³-hybridized carbons (Fsp3) is 0.417. The fourth-order valence-corrected chi connectivity index (χ4v) is 1.21. The van der Waals surface area contributed by atoms with Gasteiger partial charge < -0.3 is 4.74 Å². The summed E-state index contributed by atoms with van der Waals surface area (Å²) in [6.07, 6.45) is 3.03. The highest BCUT2D eigenvalue weighted by Crippen LogP contribution is 2.14. The molecule has 0 aliphatic carbocycles. The lowest BCUT2D eigenvalue weighted by Gasteiger charge is -2.05. The van der Waals surface area contributed by atoms with Crippen LogP contribution in [0, 0.1) is 6.92 Å². The Labute approximate surface area is 80.7 Å². The molecule has 0 aliphatic heterocycles. The zero-order valence-electron chi connectivity index (χ0n) is 8.25. The van der Waals surface area contributed by atoms with Crippen LogP contribution in [0.4, 0.5) is 0 Å². The van der Waals surface area contributed by atoms with Crippen LogP contribution in [0.25, 0.3) is 0 Å². The van der Waals surface area contributed by atoms with Crippen molar-refractivity contribution >= 4 is 0 Å². The van der Waals surface area contributed by atoms with Gasteiger partial charge >= 0.3 is 0 Å². The molecule has 1 radical (unpaired) electrons. The summed E-state index contributed by atoms with van der Waals surface area (Å²) >= 11 is 0. The molecule has 13 heavy (non-hydrogen) atoms. The van der Waals surface area contributed by atoms with Gasteiger partial charge in [-0.05, 0) is 37.0 Å². The Morgan fingerprint density at radius 1 is 1.38 bits per heavy atom. The van der Waals surface area contributed by atoms with Crippen molar-refractivity contribution in [1.29, 1.82) is 0 Å². The average Bonchev–Trinajstić information content (AvgIpc) is 2.16. The highest BCUT2D eigenvalue weighted by atomic mass is 16.5. The summed E-state index contributed by atoms with van der Waals surface area (Å²) in [5, 5.41) is 0. The molecule has 0 amide bonds. The lowest BCUT2D eigenvalue weighted by atomic mass is 10.1. The van der Waals surface area contributed by atoms with Crippen LogP contribution in [0.2, 0.25) is 0 Å². The lowest BCUT2D eigenvalue weighted by Crippen LogP contribution is -1.95. The van der Waals surface area contributed by atoms with Crippen molar-refractivity contribution in [1.82, 2.24) is 0 Å². The van der Waals surface area contributed by atoms with Gasteiger partial charge in [-0.3, -0.25) is 0 Å². The third kappa shape index (κ3) is 3.49. The van der Waals surface area contributed by atoms with E-state index in [9.17, 15) is 0 Å². The van der Waals surface area contributed by atoms with Crippen molar-refractivity contribution < 1.29 is 4.74 Å². The third-order valence-corrected chi connectivity index (χ3v) is 1.84. The van der Waals surface area contributed by atoms with Gasteiger partial charge in [0.15, 0.2) is 0 Å². The first kappa shape index (κ1) is 10.1. The smallest absolute Gasteiger partial charge is 0.119 e. The van der Waals surface area contributed by atoms with Gasteiger partial charge in [-0.15, -0.1) is 0 Å². The van der Waals surface area contributed by atoms with Crippen LogP contribution in [-0.4, -0.2) is 6.61 Å². The van der Waals surface area contributed by atoms with Crippen molar-refractivity contribution in [2.75, 3.05) is 6.61 Å². The number of hydrogen-bond acceptors (Lipinski definition) is 1. The average molecular weight is 177 g/mol. The topological polar surface area (TPSA) is 9.23 Å². The Morgan fingerprint density at radius 3 is 2.92 bits per heavy atom. The number of benzene rings is 1. The van der Waals surface area contributed by atoms with Crippen LogP contribution in [0.1, 0.15) is 25.3 Å². The maximum absolute atomic E-state index is 5.52. The molecule has 0 saturated heterocycles. The minimum absolute atomic E-state index is 0.799. The van der Waals surface area contributed by atoms with Crippen molar-refractivity contribution in [2.24, 2.45) is 0 Å². The van der Waals surface area contributed by atoms with E-state index in [0.29, 0.717) is 0 Å². The van der Waals surface area contributed by atoms with Gasteiger partial charge in [-0.2, -0.15) is 0 Å². The monoisotopic (exact) mass is 177 g/mol. The van der Waals surface area contributed by atoms with E-state index in [1.54, 1.807) is 0 Å². The lowest BCUT2D eigenvalue weighted by molar-refractivity contribution is 0.317. The summed E-state index contributed by atoms with van der Waals surface area (Å²) in [5.41, 5.74) is 1.31. The number of hydrogen-bond donors (Lipinski definition) is 0. The molecule has 0 bridgehead atoms. The molecule has 1 rings (SSSR count). The van der Waals surface area contributed by atoms with Crippen LogP contribution in [-0.2, 0) is 6.42 Å². The van der Waals surface area contributed by atoms with E-state index in [-0.39, 0.29) is 0 Å². The number of ether oxygens (including phenoxy) is 1. The summed E-state index contributed by atoms with van der Waals surface area (Å²) < 4.78 is 5.52. The molecule has 0 heterocycles. The largest absolute Gasteiger partial charge is 0.494 e. The van der Waals surface area contributed by atoms with Gasteiger partial charge in [0.1, 0.15) is 5.75 Å². The van der Waals surface area contributed by atoms with Gasteiger partial charge in [0, 0.05) is 0 Å². The van der Waals surface area contributed by atoms with Crippen LogP contribution in [0.3, 0.4) is 0 Å². The second-order valence-electron chi connectivity index (χ2n) is 3.10. The first-order chi connectivity index (χ1) is 6.36. The summed E-state index contributed by atoms with van der Waals surface area (Å²) in [5.74, 6) is 0.979. The quantitative estimate of drug-likeness (QED) is 0.671. The zero-order valence-corrected chi connectivity index (χ0v) is 8.25. The van der Waals surface area contributed by atoms with Gasteiger partial charge in [0.05, 0.1) is 6.61 Å². The Kier molecular flexibility index (Phi) is 4.37. The minimum Gasteiger partial charge on any atom is -0.494 e. The zero-order chi connectivity index (χ0) is 9.52. The van der Waals surface area contributed by atoms with Crippen molar-refractivity contribution in [3.63, 3.8) is 0 Å². The molecule has 1 heteroatoms. The van der Waals surface area contributed by atoms with Crippen LogP contribution in [0.15, 0.2) is 24.3 Å². The molecule has 0 saturated carbocycles. The standard InChI is InChI=1S/C12H17O/c1-3-6-11-7-5-8-12(10-11)13-9-4-2/h5,7-8,10H,1,3-4,6,9H2,2H3. The molecule has 1 nitrogen and oxygen atoms in total. The molecule has 0 aliphatic rings. The molecule has 0 fully saturated rings. The van der Waals surface area contributed by atoms with Gasteiger partial charge in [0.25, 0.3) is 0 Å². The molecule has 1 aromatic rings. The number of rotatable bonds is 5. The molecular weight excluding hydrogens is 160 g/mol. The molecule has 0 unspecified atom stereocenters. The maximum atomic E-state index is 5.52. The maximum Gasteiger partial charge on any atom is 0.119 e. The minimum atomic E-state index is 0.799. The van der Waals surface area contributed by atoms with Crippen molar-refractivity contribution in [3.8, 4) is 5.75 Å². The summed E-state index contributed by atoms with van der Waals surface area (Å²) in [6.45, 7) is 6.74. The van der Waals surface area contributed by atoms with Gasteiger partial charge in [0.2, 0.25) is 0 Å². The van der Waals surface area contributed by atoms with E-state index < -0.39 is 0 Å².